The molecular weight excluding hydrogens is 188 g/mol. The van der Waals surface area contributed by atoms with Gasteiger partial charge in [0, 0.05) is 17.5 Å². The molecule has 0 fully saturated rings. The molecule has 0 bridgehead atoms. The molecular formula is C10H7ClO2. The maximum Gasteiger partial charge on any atom is 0.252 e. The largest absolute Gasteiger partial charge is 0.294 e. The van der Waals surface area contributed by atoms with Crippen LogP contribution in [-0.2, 0) is 6.42 Å². The minimum absolute atomic E-state index is 0.156. The number of Topliss-reactive ketones (excluding diaryl/α,β-unsaturated/α-hetero) is 1. The number of fused-ring (bicyclic) bond motifs is 1. The van der Waals surface area contributed by atoms with Crippen molar-refractivity contribution in [3.8, 4) is 0 Å². The van der Waals surface area contributed by atoms with E-state index in [4.69, 9.17) is 11.6 Å². The van der Waals surface area contributed by atoms with Gasteiger partial charge in [-0.15, -0.1) is 0 Å². The fourth-order valence-electron chi connectivity index (χ4n) is 1.58. The average molecular weight is 195 g/mol. The summed E-state index contributed by atoms with van der Waals surface area (Å²) in [6, 6.07) is 4.98. The third-order valence-electron chi connectivity index (χ3n) is 2.25. The third-order valence-corrected chi connectivity index (χ3v) is 2.47. The summed E-state index contributed by atoms with van der Waals surface area (Å²) in [6.45, 7) is 0. The number of carbonyl (C=O) groups excluding carboxylic acids is 2. The Morgan fingerprint density at radius 3 is 2.77 bits per heavy atom. The lowest BCUT2D eigenvalue weighted by atomic mass is 10.1. The second kappa shape index (κ2) is 2.96. The molecule has 1 aliphatic carbocycles. The zero-order valence-corrected chi connectivity index (χ0v) is 7.60. The molecule has 3 heteroatoms. The Morgan fingerprint density at radius 1 is 1.31 bits per heavy atom. The molecule has 1 aromatic carbocycles. The SMILES string of the molecule is O=C(Cl)c1ccc2c(c1)CCC2=O. The monoisotopic (exact) mass is 194 g/mol. The molecule has 0 spiro atoms. The van der Waals surface area contributed by atoms with Crippen molar-refractivity contribution >= 4 is 22.6 Å². The Hall–Kier alpha value is -1.15. The van der Waals surface area contributed by atoms with Gasteiger partial charge in [-0.2, -0.15) is 0 Å². The van der Waals surface area contributed by atoms with E-state index in [2.05, 4.69) is 0 Å². The summed E-state index contributed by atoms with van der Waals surface area (Å²) in [7, 11) is 0. The number of halogens is 1. The molecule has 0 aromatic heterocycles. The summed E-state index contributed by atoms with van der Waals surface area (Å²) in [4.78, 5) is 22.0. The van der Waals surface area contributed by atoms with E-state index in [9.17, 15) is 9.59 Å². The molecule has 0 saturated heterocycles. The minimum atomic E-state index is -0.470. The van der Waals surface area contributed by atoms with Gasteiger partial charge < -0.3 is 0 Å². The van der Waals surface area contributed by atoms with Crippen LogP contribution < -0.4 is 0 Å². The van der Waals surface area contributed by atoms with E-state index >= 15 is 0 Å². The number of rotatable bonds is 1. The van der Waals surface area contributed by atoms with Gasteiger partial charge >= 0.3 is 0 Å². The number of benzene rings is 1. The highest BCUT2D eigenvalue weighted by molar-refractivity contribution is 6.67. The van der Waals surface area contributed by atoms with E-state index < -0.39 is 5.24 Å². The van der Waals surface area contributed by atoms with E-state index in [-0.39, 0.29) is 5.78 Å². The molecule has 0 unspecified atom stereocenters. The van der Waals surface area contributed by atoms with E-state index in [0.29, 0.717) is 12.0 Å². The summed E-state index contributed by atoms with van der Waals surface area (Å²) < 4.78 is 0. The van der Waals surface area contributed by atoms with Crippen molar-refractivity contribution in [2.45, 2.75) is 12.8 Å². The predicted octanol–water partition coefficient (Wildman–Crippen LogP) is 2.19. The second-order valence-electron chi connectivity index (χ2n) is 3.07. The standard InChI is InChI=1S/C10H7ClO2/c11-10(13)7-1-3-8-6(5-7)2-4-9(8)12/h1,3,5H,2,4H2. The lowest BCUT2D eigenvalue weighted by Crippen LogP contribution is -1.94. The molecule has 0 saturated carbocycles. The number of hydrogen-bond donors (Lipinski definition) is 0. The number of carbonyl (C=O) groups is 2. The van der Waals surface area contributed by atoms with Gasteiger partial charge in [0.05, 0.1) is 0 Å². The van der Waals surface area contributed by atoms with E-state index in [1.54, 1.807) is 18.2 Å². The lowest BCUT2D eigenvalue weighted by molar-refractivity contribution is 0.0993. The molecule has 0 radical (unpaired) electrons. The van der Waals surface area contributed by atoms with Gasteiger partial charge in [-0.25, -0.2) is 0 Å². The highest BCUT2D eigenvalue weighted by Gasteiger charge is 2.19. The van der Waals surface area contributed by atoms with Crippen molar-refractivity contribution in [3.63, 3.8) is 0 Å². The molecule has 0 aliphatic heterocycles. The Morgan fingerprint density at radius 2 is 2.08 bits per heavy atom. The van der Waals surface area contributed by atoms with Crippen molar-refractivity contribution in [3.05, 3.63) is 34.9 Å². The molecule has 1 aromatic rings. The predicted molar refractivity (Wildman–Crippen MR) is 49.3 cm³/mol. The minimum Gasteiger partial charge on any atom is -0.294 e. The quantitative estimate of drug-likeness (QED) is 0.643. The van der Waals surface area contributed by atoms with Crippen LogP contribution in [-0.4, -0.2) is 11.0 Å². The Kier molecular flexibility index (Phi) is 1.93. The Bertz CT molecular complexity index is 396. The molecule has 1 aliphatic rings. The zero-order chi connectivity index (χ0) is 9.42. The van der Waals surface area contributed by atoms with E-state index in [1.807, 2.05) is 0 Å². The molecule has 13 heavy (non-hydrogen) atoms. The Labute approximate surface area is 80.5 Å². The van der Waals surface area contributed by atoms with Gasteiger partial charge in [-0.1, -0.05) is 6.07 Å². The normalized spacial score (nSPS) is 14.4. The van der Waals surface area contributed by atoms with Crippen LogP contribution in [0.3, 0.4) is 0 Å². The highest BCUT2D eigenvalue weighted by Crippen LogP contribution is 2.23. The van der Waals surface area contributed by atoms with Crippen LogP contribution in [0, 0.1) is 0 Å². The molecule has 0 amide bonds. The molecule has 2 nitrogen and oxygen atoms in total. The van der Waals surface area contributed by atoms with Gasteiger partial charge in [-0.05, 0) is 35.7 Å². The summed E-state index contributed by atoms with van der Waals surface area (Å²) in [5.74, 6) is 0.156. The Balaban J connectivity index is 2.51. The fourth-order valence-corrected chi connectivity index (χ4v) is 1.70. The number of hydrogen-bond acceptors (Lipinski definition) is 2. The first-order chi connectivity index (χ1) is 6.18. The molecule has 0 atom stereocenters. The summed E-state index contributed by atoms with van der Waals surface area (Å²) in [5, 5.41) is -0.470. The second-order valence-corrected chi connectivity index (χ2v) is 3.41. The smallest absolute Gasteiger partial charge is 0.252 e. The van der Waals surface area contributed by atoms with Crippen molar-refractivity contribution in [1.29, 1.82) is 0 Å². The molecule has 2 rings (SSSR count). The van der Waals surface area contributed by atoms with Crippen LogP contribution in [0.5, 0.6) is 0 Å². The van der Waals surface area contributed by atoms with Crippen LogP contribution in [0.4, 0.5) is 0 Å². The van der Waals surface area contributed by atoms with Crippen LogP contribution in [0.2, 0.25) is 0 Å². The van der Waals surface area contributed by atoms with Crippen molar-refractivity contribution in [2.24, 2.45) is 0 Å². The van der Waals surface area contributed by atoms with Crippen LogP contribution in [0.25, 0.3) is 0 Å². The summed E-state index contributed by atoms with van der Waals surface area (Å²) in [6.07, 6.45) is 1.28. The summed E-state index contributed by atoms with van der Waals surface area (Å²) >= 11 is 5.32. The van der Waals surface area contributed by atoms with Crippen molar-refractivity contribution in [1.82, 2.24) is 0 Å². The van der Waals surface area contributed by atoms with Crippen LogP contribution in [0.1, 0.15) is 32.7 Å². The first-order valence-electron chi connectivity index (χ1n) is 4.04. The number of ketones is 1. The van der Waals surface area contributed by atoms with Crippen molar-refractivity contribution in [2.75, 3.05) is 0 Å². The molecule has 0 heterocycles. The first-order valence-corrected chi connectivity index (χ1v) is 4.42. The molecule has 66 valence electrons. The van der Waals surface area contributed by atoms with Gasteiger partial charge in [0.1, 0.15) is 0 Å². The summed E-state index contributed by atoms with van der Waals surface area (Å²) in [5.41, 5.74) is 2.15. The lowest BCUT2D eigenvalue weighted by Gasteiger charge is -1.98. The van der Waals surface area contributed by atoms with Crippen LogP contribution >= 0.6 is 11.6 Å². The van der Waals surface area contributed by atoms with Crippen LogP contribution in [0.15, 0.2) is 18.2 Å². The molecule has 0 N–H and O–H groups in total. The van der Waals surface area contributed by atoms with Gasteiger partial charge in [0.25, 0.3) is 5.24 Å². The third kappa shape index (κ3) is 1.38. The highest BCUT2D eigenvalue weighted by atomic mass is 35.5. The average Bonchev–Trinajstić information content (AvgIpc) is 2.47. The van der Waals surface area contributed by atoms with Crippen molar-refractivity contribution < 1.29 is 9.59 Å². The maximum absolute atomic E-state index is 11.2. The van der Waals surface area contributed by atoms with Gasteiger partial charge in [-0.3, -0.25) is 9.59 Å². The zero-order valence-electron chi connectivity index (χ0n) is 6.84. The van der Waals surface area contributed by atoms with E-state index in [0.717, 1.165) is 17.5 Å². The topological polar surface area (TPSA) is 34.1 Å². The van der Waals surface area contributed by atoms with Gasteiger partial charge in [0.2, 0.25) is 0 Å². The maximum atomic E-state index is 11.2. The van der Waals surface area contributed by atoms with E-state index in [1.165, 1.54) is 0 Å². The van der Waals surface area contributed by atoms with Gasteiger partial charge in [0.15, 0.2) is 5.78 Å². The first kappa shape index (κ1) is 8.45. The number of aryl methyl sites for hydroxylation is 1. The fraction of sp³-hybridized carbons (Fsp3) is 0.200.